The number of H-pyrrole nitrogens is 1. The molecule has 0 aliphatic rings. The summed E-state index contributed by atoms with van der Waals surface area (Å²) in [6, 6.07) is 7.61. The van der Waals surface area contributed by atoms with Crippen LogP contribution < -0.4 is 0 Å². The van der Waals surface area contributed by atoms with E-state index in [0.717, 1.165) is 29.2 Å². The highest BCUT2D eigenvalue weighted by atomic mass is 32.1. The summed E-state index contributed by atoms with van der Waals surface area (Å²) in [6.07, 6.45) is 5.68. The van der Waals surface area contributed by atoms with Gasteiger partial charge in [0.2, 0.25) is 0 Å². The van der Waals surface area contributed by atoms with Crippen molar-refractivity contribution in [2.75, 3.05) is 14.2 Å². The van der Waals surface area contributed by atoms with Crippen molar-refractivity contribution in [1.29, 1.82) is 5.41 Å². The summed E-state index contributed by atoms with van der Waals surface area (Å²) >= 11 is 1.44. The topological polar surface area (TPSA) is 116 Å². The van der Waals surface area contributed by atoms with Crippen molar-refractivity contribution in [3.63, 3.8) is 0 Å². The highest BCUT2D eigenvalue weighted by molar-refractivity contribution is 7.09. The maximum absolute atomic E-state index is 12.2. The van der Waals surface area contributed by atoms with Crippen LogP contribution in [-0.2, 0) is 4.74 Å². The average molecular weight is 413 g/mol. The molecule has 0 unspecified atom stereocenters. The van der Waals surface area contributed by atoms with Crippen molar-refractivity contribution in [2.45, 2.75) is 6.92 Å². The van der Waals surface area contributed by atoms with Crippen molar-refractivity contribution < 1.29 is 19.4 Å². The number of aryl methyl sites for hydroxylation is 1. The standard InChI is InChI=1S/C14H12N2O.C6H7NO2S.CH4O/c1-2-10(7-8-15)14(17)12-9-16-13-6-4-3-5-11(12)13;1-4-7-5(3-10-4)6(8)9-2;1-2/h2-9,15-16H,1H2;3H,1-2H3;2H,1H3/b10-7+,15-8?;;. The van der Waals surface area contributed by atoms with Gasteiger partial charge in [-0.2, -0.15) is 0 Å². The lowest BCUT2D eigenvalue weighted by Gasteiger charge is -1.98. The lowest BCUT2D eigenvalue weighted by Crippen LogP contribution is -2.00. The molecule has 0 saturated carbocycles. The van der Waals surface area contributed by atoms with Crippen molar-refractivity contribution in [2.24, 2.45) is 0 Å². The number of para-hydroxylation sites is 1. The van der Waals surface area contributed by atoms with Crippen LogP contribution in [0.1, 0.15) is 25.9 Å². The number of methoxy groups -OCH3 is 1. The number of ether oxygens (including phenoxy) is 1. The van der Waals surface area contributed by atoms with Crippen LogP contribution in [0.25, 0.3) is 10.9 Å². The highest BCUT2D eigenvalue weighted by Gasteiger charge is 2.13. The minimum absolute atomic E-state index is 0.124. The van der Waals surface area contributed by atoms with Gasteiger partial charge in [-0.05, 0) is 19.1 Å². The molecule has 3 N–H and O–H groups in total. The number of esters is 1. The monoisotopic (exact) mass is 413 g/mol. The number of hydrogen-bond donors (Lipinski definition) is 3. The number of Topliss-reactive ketones (excluding diaryl/α,β-unsaturated/α-hetero) is 1. The Labute approximate surface area is 172 Å². The molecule has 0 bridgehead atoms. The quantitative estimate of drug-likeness (QED) is 0.192. The lowest BCUT2D eigenvalue weighted by atomic mass is 10.0. The second kappa shape index (κ2) is 12.2. The summed E-state index contributed by atoms with van der Waals surface area (Å²) in [5, 5.41) is 17.5. The van der Waals surface area contributed by atoms with Crippen molar-refractivity contribution >= 4 is 40.2 Å². The minimum atomic E-state index is -0.371. The molecule has 29 heavy (non-hydrogen) atoms. The number of allylic oxidation sites excluding steroid dienone is 3. The van der Waals surface area contributed by atoms with Gasteiger partial charge in [-0.25, -0.2) is 9.78 Å². The summed E-state index contributed by atoms with van der Waals surface area (Å²) in [5.41, 5.74) is 2.34. The van der Waals surface area contributed by atoms with E-state index in [2.05, 4.69) is 21.3 Å². The van der Waals surface area contributed by atoms with E-state index in [1.165, 1.54) is 30.6 Å². The zero-order valence-electron chi connectivity index (χ0n) is 16.4. The molecule has 3 rings (SSSR count). The number of aliphatic hydroxyl groups is 1. The lowest BCUT2D eigenvalue weighted by molar-refractivity contribution is 0.0594. The second-order valence-corrected chi connectivity index (χ2v) is 6.38. The van der Waals surface area contributed by atoms with Gasteiger partial charge in [0.05, 0.1) is 12.1 Å². The largest absolute Gasteiger partial charge is 0.464 e. The Morgan fingerprint density at radius 1 is 1.31 bits per heavy atom. The molecule has 0 saturated heterocycles. The van der Waals surface area contributed by atoms with Crippen LogP contribution in [0.5, 0.6) is 0 Å². The number of fused-ring (bicyclic) bond motifs is 1. The number of nitrogens with zero attached hydrogens (tertiary/aromatic N) is 1. The Balaban J connectivity index is 0.000000299. The first-order valence-corrected chi connectivity index (χ1v) is 9.29. The fourth-order valence-corrected chi connectivity index (χ4v) is 2.89. The highest BCUT2D eigenvalue weighted by Crippen LogP contribution is 2.20. The van der Waals surface area contributed by atoms with Crippen LogP contribution in [-0.4, -0.2) is 47.3 Å². The number of hydrogen-bond acceptors (Lipinski definition) is 7. The Morgan fingerprint density at radius 2 is 2.00 bits per heavy atom. The summed E-state index contributed by atoms with van der Waals surface area (Å²) in [5.74, 6) is -0.495. The Morgan fingerprint density at radius 3 is 2.55 bits per heavy atom. The predicted molar refractivity (Wildman–Crippen MR) is 116 cm³/mol. The van der Waals surface area contributed by atoms with Crippen LogP contribution in [0.3, 0.4) is 0 Å². The third-order valence-corrected chi connectivity index (χ3v) is 4.37. The number of thiazole rings is 1. The normalized spacial score (nSPS) is 10.1. The summed E-state index contributed by atoms with van der Waals surface area (Å²) in [7, 11) is 2.34. The molecule has 0 fully saturated rings. The van der Waals surface area contributed by atoms with E-state index in [0.29, 0.717) is 16.8 Å². The first kappa shape index (κ1) is 23.7. The molecule has 0 atom stereocenters. The average Bonchev–Trinajstić information content (AvgIpc) is 3.39. The molecule has 2 aromatic heterocycles. The summed E-state index contributed by atoms with van der Waals surface area (Å²) in [6.45, 7) is 5.43. The Hall–Kier alpha value is -3.36. The van der Waals surface area contributed by atoms with Gasteiger partial charge in [0, 0.05) is 46.9 Å². The van der Waals surface area contributed by atoms with E-state index in [1.807, 2.05) is 31.2 Å². The SMILES string of the molecule is C=C/C(=C\C=N)C(=O)c1c[nH]c2ccccc12.CO.COC(=O)c1csc(C)n1. The first-order chi connectivity index (χ1) is 14.0. The van der Waals surface area contributed by atoms with Gasteiger partial charge in [-0.3, -0.25) is 4.79 Å². The molecule has 2 heterocycles. The van der Waals surface area contributed by atoms with Crippen LogP contribution in [0.15, 0.2) is 60.1 Å². The van der Waals surface area contributed by atoms with Gasteiger partial charge in [-0.15, -0.1) is 11.3 Å². The third-order valence-electron chi connectivity index (χ3n) is 3.59. The third kappa shape index (κ3) is 6.34. The van der Waals surface area contributed by atoms with Crippen LogP contribution >= 0.6 is 11.3 Å². The molecule has 7 nitrogen and oxygen atoms in total. The molecule has 3 aromatic rings. The smallest absolute Gasteiger partial charge is 0.357 e. The van der Waals surface area contributed by atoms with E-state index in [1.54, 1.807) is 11.6 Å². The van der Waals surface area contributed by atoms with Gasteiger partial charge < -0.3 is 20.2 Å². The molecule has 0 amide bonds. The number of carbonyl (C=O) groups is 2. The minimum Gasteiger partial charge on any atom is -0.464 e. The van der Waals surface area contributed by atoms with Crippen molar-refractivity contribution in [3.8, 4) is 0 Å². The molecule has 0 aliphatic carbocycles. The van der Waals surface area contributed by atoms with E-state index in [9.17, 15) is 9.59 Å². The zero-order valence-corrected chi connectivity index (χ0v) is 17.2. The maximum atomic E-state index is 12.2. The number of nitrogens with one attached hydrogen (secondary N) is 2. The molecular weight excluding hydrogens is 390 g/mol. The maximum Gasteiger partial charge on any atom is 0.357 e. The Kier molecular flexibility index (Phi) is 9.94. The van der Waals surface area contributed by atoms with Crippen LogP contribution in [0.2, 0.25) is 0 Å². The van der Waals surface area contributed by atoms with E-state index in [-0.39, 0.29) is 11.8 Å². The number of benzene rings is 1. The van der Waals surface area contributed by atoms with Gasteiger partial charge in [0.15, 0.2) is 11.5 Å². The van der Waals surface area contributed by atoms with Gasteiger partial charge >= 0.3 is 5.97 Å². The fourth-order valence-electron chi connectivity index (χ4n) is 2.30. The molecule has 152 valence electrons. The van der Waals surface area contributed by atoms with E-state index < -0.39 is 0 Å². The number of aromatic amines is 1. The molecule has 8 heteroatoms. The molecule has 0 spiro atoms. The summed E-state index contributed by atoms with van der Waals surface area (Å²) in [4.78, 5) is 29.9. The number of aromatic nitrogens is 2. The predicted octanol–water partition coefficient (Wildman–Crippen LogP) is 3.96. The number of carbonyl (C=O) groups excluding carboxylic acids is 2. The van der Waals surface area contributed by atoms with Crippen LogP contribution in [0, 0.1) is 12.3 Å². The Bertz CT molecular complexity index is 1020. The van der Waals surface area contributed by atoms with Gasteiger partial charge in [0.1, 0.15) is 0 Å². The van der Waals surface area contributed by atoms with E-state index in [4.69, 9.17) is 10.5 Å². The van der Waals surface area contributed by atoms with Crippen molar-refractivity contribution in [3.05, 3.63) is 76.4 Å². The second-order valence-electron chi connectivity index (χ2n) is 5.31. The molecule has 1 aromatic carbocycles. The number of aliphatic hydroxyl groups excluding tert-OH is 1. The fraction of sp³-hybridized carbons (Fsp3) is 0.143. The first-order valence-electron chi connectivity index (χ1n) is 8.41. The molecule has 0 aliphatic heterocycles. The van der Waals surface area contributed by atoms with E-state index >= 15 is 0 Å². The van der Waals surface area contributed by atoms with Gasteiger partial charge in [0.25, 0.3) is 0 Å². The number of rotatable bonds is 5. The number of ketones is 1. The van der Waals surface area contributed by atoms with Crippen LogP contribution in [0.4, 0.5) is 0 Å². The molecule has 0 radical (unpaired) electrons. The van der Waals surface area contributed by atoms with Gasteiger partial charge in [-0.1, -0.05) is 30.9 Å². The molecular formula is C21H23N3O4S. The summed E-state index contributed by atoms with van der Waals surface area (Å²) < 4.78 is 4.45. The zero-order chi connectivity index (χ0) is 21.8. The van der Waals surface area contributed by atoms with Crippen molar-refractivity contribution in [1.82, 2.24) is 9.97 Å².